The zero-order chi connectivity index (χ0) is 18.4. The van der Waals surface area contributed by atoms with Crippen molar-refractivity contribution in [2.24, 2.45) is 0 Å². The number of halogens is 1. The van der Waals surface area contributed by atoms with Gasteiger partial charge >= 0.3 is 0 Å². The van der Waals surface area contributed by atoms with Crippen molar-refractivity contribution in [2.45, 2.75) is 38.3 Å². The maximum absolute atomic E-state index is 13.0. The average molecular weight is 354 g/mol. The van der Waals surface area contributed by atoms with Crippen LogP contribution in [0.4, 0.5) is 4.39 Å². The first-order chi connectivity index (χ1) is 12.6. The molecule has 26 heavy (non-hydrogen) atoms. The first-order valence-electron chi connectivity index (χ1n) is 9.38. The van der Waals surface area contributed by atoms with Crippen molar-refractivity contribution in [3.8, 4) is 0 Å². The van der Waals surface area contributed by atoms with Gasteiger partial charge in [0.2, 0.25) is 5.91 Å². The second kappa shape index (κ2) is 8.95. The van der Waals surface area contributed by atoms with Crippen LogP contribution in [-0.2, 0) is 17.8 Å². The van der Waals surface area contributed by atoms with Crippen LogP contribution < -0.4 is 0 Å². The molecule has 3 rings (SSSR count). The fourth-order valence-electron chi connectivity index (χ4n) is 3.60. The molecule has 0 bridgehead atoms. The Bertz CT molecular complexity index is 702. The molecule has 0 aliphatic carbocycles. The molecule has 1 unspecified atom stereocenters. The molecule has 1 amide bonds. The van der Waals surface area contributed by atoms with Crippen LogP contribution in [0.15, 0.2) is 54.6 Å². The highest BCUT2D eigenvalue weighted by atomic mass is 19.1. The highest BCUT2D eigenvalue weighted by Gasteiger charge is 2.26. The van der Waals surface area contributed by atoms with Crippen molar-refractivity contribution in [3.05, 3.63) is 71.5 Å². The lowest BCUT2D eigenvalue weighted by Gasteiger charge is -2.38. The first kappa shape index (κ1) is 18.6. The molecule has 0 aromatic heterocycles. The Hall–Kier alpha value is -2.20. The fourth-order valence-corrected chi connectivity index (χ4v) is 3.60. The van der Waals surface area contributed by atoms with Gasteiger partial charge in [0.1, 0.15) is 5.82 Å². The van der Waals surface area contributed by atoms with Crippen molar-refractivity contribution in [2.75, 3.05) is 20.1 Å². The normalized spacial score (nSPS) is 17.5. The van der Waals surface area contributed by atoms with Crippen molar-refractivity contribution in [1.29, 1.82) is 0 Å². The summed E-state index contributed by atoms with van der Waals surface area (Å²) in [4.78, 5) is 17.0. The number of carbonyl (C=O) groups is 1. The molecule has 1 aliphatic heterocycles. The minimum atomic E-state index is -0.236. The number of rotatable bonds is 6. The molecule has 0 spiro atoms. The van der Waals surface area contributed by atoms with Crippen LogP contribution in [0.25, 0.3) is 0 Å². The Morgan fingerprint density at radius 3 is 2.58 bits per heavy atom. The molecule has 3 nitrogen and oxygen atoms in total. The number of benzene rings is 2. The van der Waals surface area contributed by atoms with Gasteiger partial charge in [0.15, 0.2) is 0 Å². The largest absolute Gasteiger partial charge is 0.341 e. The van der Waals surface area contributed by atoms with E-state index in [9.17, 15) is 9.18 Å². The van der Waals surface area contributed by atoms with E-state index in [4.69, 9.17) is 0 Å². The number of piperidine rings is 1. The van der Waals surface area contributed by atoms with Gasteiger partial charge < -0.3 is 4.90 Å². The van der Waals surface area contributed by atoms with E-state index in [1.165, 1.54) is 17.7 Å². The summed E-state index contributed by atoms with van der Waals surface area (Å²) in [5, 5.41) is 0. The average Bonchev–Trinajstić information content (AvgIpc) is 2.68. The van der Waals surface area contributed by atoms with Gasteiger partial charge in [-0.2, -0.15) is 0 Å². The summed E-state index contributed by atoms with van der Waals surface area (Å²) in [6.45, 7) is 2.55. The van der Waals surface area contributed by atoms with E-state index in [1.54, 1.807) is 12.1 Å². The standard InChI is InChI=1S/C22H27FN2O/c1-24(16-19-6-3-2-4-7-19)21-8-5-15-25(17-21)22(26)14-11-18-9-12-20(23)13-10-18/h2-4,6-7,9-10,12-13,21H,5,8,11,14-17H2,1H3. The highest BCUT2D eigenvalue weighted by molar-refractivity contribution is 5.76. The van der Waals surface area contributed by atoms with Crippen molar-refractivity contribution < 1.29 is 9.18 Å². The first-order valence-corrected chi connectivity index (χ1v) is 9.38. The predicted molar refractivity (Wildman–Crippen MR) is 102 cm³/mol. The molecule has 4 heteroatoms. The van der Waals surface area contributed by atoms with E-state index in [0.29, 0.717) is 18.9 Å². The minimum Gasteiger partial charge on any atom is -0.341 e. The van der Waals surface area contributed by atoms with E-state index in [-0.39, 0.29) is 11.7 Å². The molecule has 1 saturated heterocycles. The molecule has 0 radical (unpaired) electrons. The quantitative estimate of drug-likeness (QED) is 0.786. The van der Waals surface area contributed by atoms with E-state index in [2.05, 4.69) is 36.2 Å². The lowest BCUT2D eigenvalue weighted by atomic mass is 10.0. The molecular weight excluding hydrogens is 327 g/mol. The lowest BCUT2D eigenvalue weighted by Crippen LogP contribution is -2.48. The SMILES string of the molecule is CN(Cc1ccccc1)C1CCCN(C(=O)CCc2ccc(F)cc2)C1. The number of amides is 1. The van der Waals surface area contributed by atoms with Gasteiger partial charge in [0.05, 0.1) is 0 Å². The zero-order valence-electron chi connectivity index (χ0n) is 15.4. The summed E-state index contributed by atoms with van der Waals surface area (Å²) in [6, 6.07) is 17.3. The zero-order valence-corrected chi connectivity index (χ0v) is 15.4. The molecule has 2 aromatic rings. The maximum atomic E-state index is 13.0. The molecular formula is C22H27FN2O. The number of likely N-dealkylation sites (N-methyl/N-ethyl adjacent to an activating group) is 1. The summed E-state index contributed by atoms with van der Waals surface area (Å²) in [5.74, 6) is -0.0347. The number of nitrogens with zero attached hydrogens (tertiary/aromatic N) is 2. The van der Waals surface area contributed by atoms with Crippen molar-refractivity contribution in [3.63, 3.8) is 0 Å². The van der Waals surface area contributed by atoms with Gasteiger partial charge in [-0.15, -0.1) is 0 Å². The Morgan fingerprint density at radius 1 is 1.12 bits per heavy atom. The maximum Gasteiger partial charge on any atom is 0.222 e. The van der Waals surface area contributed by atoms with E-state index in [0.717, 1.165) is 38.0 Å². The Labute approximate surface area is 155 Å². The summed E-state index contributed by atoms with van der Waals surface area (Å²) in [5.41, 5.74) is 2.31. The van der Waals surface area contributed by atoms with Gasteiger partial charge in [0.25, 0.3) is 0 Å². The number of aryl methyl sites for hydroxylation is 1. The minimum absolute atomic E-state index is 0.201. The summed E-state index contributed by atoms with van der Waals surface area (Å²) in [6.07, 6.45) is 3.33. The van der Waals surface area contributed by atoms with Gasteiger partial charge in [-0.1, -0.05) is 42.5 Å². The third-order valence-electron chi connectivity index (χ3n) is 5.19. The van der Waals surface area contributed by atoms with Gasteiger partial charge in [-0.05, 0) is 49.6 Å². The molecule has 2 aromatic carbocycles. The van der Waals surface area contributed by atoms with Gasteiger partial charge in [0, 0.05) is 32.1 Å². The molecule has 138 valence electrons. The summed E-state index contributed by atoms with van der Waals surface area (Å²) >= 11 is 0. The second-order valence-corrected chi connectivity index (χ2v) is 7.16. The fraction of sp³-hybridized carbons (Fsp3) is 0.409. The van der Waals surface area contributed by atoms with E-state index < -0.39 is 0 Å². The number of hydrogen-bond acceptors (Lipinski definition) is 2. The number of carbonyl (C=O) groups excluding carboxylic acids is 1. The van der Waals surface area contributed by atoms with Crippen LogP contribution in [0.5, 0.6) is 0 Å². The Kier molecular flexibility index (Phi) is 6.40. The second-order valence-electron chi connectivity index (χ2n) is 7.16. The molecule has 1 aliphatic rings. The molecule has 1 atom stereocenters. The van der Waals surface area contributed by atoms with Gasteiger partial charge in [-0.25, -0.2) is 4.39 Å². The van der Waals surface area contributed by atoms with E-state index in [1.807, 2.05) is 11.0 Å². The highest BCUT2D eigenvalue weighted by Crippen LogP contribution is 2.18. The predicted octanol–water partition coefficient (Wildman–Crippen LogP) is 3.88. The van der Waals surface area contributed by atoms with Crippen LogP contribution in [0.3, 0.4) is 0 Å². The van der Waals surface area contributed by atoms with Crippen molar-refractivity contribution in [1.82, 2.24) is 9.80 Å². The number of likely N-dealkylation sites (tertiary alicyclic amines) is 1. The topological polar surface area (TPSA) is 23.6 Å². The van der Waals surface area contributed by atoms with Crippen LogP contribution in [0.2, 0.25) is 0 Å². The van der Waals surface area contributed by atoms with Crippen LogP contribution in [-0.4, -0.2) is 41.9 Å². The molecule has 1 heterocycles. The molecule has 0 saturated carbocycles. The van der Waals surface area contributed by atoms with Crippen LogP contribution in [0, 0.1) is 5.82 Å². The van der Waals surface area contributed by atoms with E-state index >= 15 is 0 Å². The lowest BCUT2D eigenvalue weighted by molar-refractivity contribution is -0.133. The van der Waals surface area contributed by atoms with Crippen molar-refractivity contribution >= 4 is 5.91 Å². The van der Waals surface area contributed by atoms with Gasteiger partial charge in [-0.3, -0.25) is 9.69 Å². The summed E-state index contributed by atoms with van der Waals surface area (Å²) in [7, 11) is 2.14. The Balaban J connectivity index is 1.50. The summed E-state index contributed by atoms with van der Waals surface area (Å²) < 4.78 is 13.0. The molecule has 1 fully saturated rings. The third kappa shape index (κ3) is 5.15. The van der Waals surface area contributed by atoms with Crippen LogP contribution >= 0.6 is 0 Å². The molecule has 0 N–H and O–H groups in total. The Morgan fingerprint density at radius 2 is 1.85 bits per heavy atom. The monoisotopic (exact) mass is 354 g/mol. The third-order valence-corrected chi connectivity index (χ3v) is 5.19. The smallest absolute Gasteiger partial charge is 0.222 e. The number of hydrogen-bond donors (Lipinski definition) is 0. The van der Waals surface area contributed by atoms with Crippen LogP contribution in [0.1, 0.15) is 30.4 Å².